The maximum atomic E-state index is 12.1. The molecule has 0 saturated carbocycles. The largest absolute Gasteiger partial charge is 0.478 e. The quantitative estimate of drug-likeness (QED) is 0.225. The molecule has 0 aliphatic carbocycles. The molecular formula is C16H13NO5. The number of rotatable bonds is 4. The van der Waals surface area contributed by atoms with Crippen LogP contribution in [0.5, 0.6) is 0 Å². The average molecular weight is 299 g/mol. The number of carbonyl (C=O) groups excluding carboxylic acids is 1. The zero-order chi connectivity index (χ0) is 16.4. The summed E-state index contributed by atoms with van der Waals surface area (Å²) in [6.07, 6.45) is 1.39. The topological polar surface area (TPSA) is 104 Å². The maximum absolute atomic E-state index is 12.1. The van der Waals surface area contributed by atoms with Crippen LogP contribution in [0.1, 0.15) is 15.9 Å². The van der Waals surface area contributed by atoms with Crippen LogP contribution in [-0.4, -0.2) is 22.1 Å². The van der Waals surface area contributed by atoms with E-state index < -0.39 is 11.8 Å². The van der Waals surface area contributed by atoms with Gasteiger partial charge in [-0.15, -0.1) is 4.91 Å². The van der Waals surface area contributed by atoms with E-state index in [1.54, 1.807) is 54.6 Å². The molecule has 2 N–H and O–H groups in total. The second-order valence-electron chi connectivity index (χ2n) is 4.05. The Hall–Kier alpha value is -3.28. The third-order valence-electron chi connectivity index (χ3n) is 2.62. The summed E-state index contributed by atoms with van der Waals surface area (Å²) in [5.41, 5.74) is 0.814. The van der Waals surface area contributed by atoms with Gasteiger partial charge in [0, 0.05) is 5.56 Å². The minimum Gasteiger partial charge on any atom is -0.478 e. The molecule has 0 amide bonds. The van der Waals surface area contributed by atoms with Crippen LogP contribution in [0.3, 0.4) is 0 Å². The molecule has 112 valence electrons. The van der Waals surface area contributed by atoms with Crippen molar-refractivity contribution < 1.29 is 19.9 Å². The number of benzene rings is 2. The predicted octanol–water partition coefficient (Wildman–Crippen LogP) is 3.18. The zero-order valence-electron chi connectivity index (χ0n) is 11.4. The summed E-state index contributed by atoms with van der Waals surface area (Å²) < 4.78 is 0. The first-order valence-corrected chi connectivity index (χ1v) is 6.16. The van der Waals surface area contributed by atoms with Gasteiger partial charge < -0.3 is 10.3 Å². The van der Waals surface area contributed by atoms with Crippen molar-refractivity contribution >= 4 is 17.8 Å². The second-order valence-corrected chi connectivity index (χ2v) is 4.05. The molecule has 0 spiro atoms. The smallest absolute Gasteiger partial charge is 0.339 e. The molecule has 6 nitrogen and oxygen atoms in total. The van der Waals surface area contributed by atoms with Crippen LogP contribution in [-0.2, 0) is 4.79 Å². The number of carboxylic acids is 1. The molecule has 2 rings (SSSR count). The van der Waals surface area contributed by atoms with Crippen LogP contribution in [0, 0.1) is 4.91 Å². The second kappa shape index (κ2) is 8.80. The van der Waals surface area contributed by atoms with E-state index >= 15 is 0 Å². The van der Waals surface area contributed by atoms with Gasteiger partial charge in [-0.05, 0) is 11.6 Å². The Kier molecular flexibility index (Phi) is 6.71. The zero-order valence-corrected chi connectivity index (χ0v) is 11.4. The average Bonchev–Trinajstić information content (AvgIpc) is 2.54. The van der Waals surface area contributed by atoms with Crippen LogP contribution in [0.15, 0.2) is 71.6 Å². The Morgan fingerprint density at radius 2 is 1.36 bits per heavy atom. The Bertz CT molecular complexity index is 665. The molecule has 0 unspecified atom stereocenters. The number of nitrogens with zero attached hydrogens (tertiary/aromatic N) is 1. The van der Waals surface area contributed by atoms with Crippen LogP contribution >= 0.6 is 0 Å². The van der Waals surface area contributed by atoms with Gasteiger partial charge in [0.1, 0.15) is 5.57 Å². The van der Waals surface area contributed by atoms with Crippen LogP contribution in [0.4, 0.5) is 0 Å². The monoisotopic (exact) mass is 299 g/mol. The number of carboxylic acid groups (broad SMARTS) is 1. The van der Waals surface area contributed by atoms with Crippen molar-refractivity contribution in [3.05, 3.63) is 82.3 Å². The molecule has 0 fully saturated rings. The van der Waals surface area contributed by atoms with Gasteiger partial charge in [-0.1, -0.05) is 60.7 Å². The van der Waals surface area contributed by atoms with Crippen LogP contribution < -0.4 is 0 Å². The summed E-state index contributed by atoms with van der Waals surface area (Å²) in [5, 5.41) is 17.1. The number of hydrogen-bond donors (Lipinski definition) is 2. The van der Waals surface area contributed by atoms with E-state index in [0.29, 0.717) is 11.1 Å². The number of aliphatic carboxylic acids is 1. The van der Waals surface area contributed by atoms with Gasteiger partial charge >= 0.3 is 5.97 Å². The van der Waals surface area contributed by atoms with E-state index in [1.807, 2.05) is 6.07 Å². The lowest BCUT2D eigenvalue weighted by Crippen LogP contribution is -2.12. The number of ketones is 1. The highest BCUT2D eigenvalue weighted by atomic mass is 16.6. The molecule has 0 aliphatic heterocycles. The first-order valence-electron chi connectivity index (χ1n) is 6.16. The fourth-order valence-corrected chi connectivity index (χ4v) is 1.69. The third-order valence-corrected chi connectivity index (χ3v) is 2.62. The minimum absolute atomic E-state index is 0.239. The van der Waals surface area contributed by atoms with Crippen molar-refractivity contribution in [2.75, 3.05) is 0 Å². The van der Waals surface area contributed by atoms with Gasteiger partial charge in [0.15, 0.2) is 11.1 Å². The van der Waals surface area contributed by atoms with E-state index in [4.69, 9.17) is 10.1 Å². The Morgan fingerprint density at radius 3 is 1.82 bits per heavy atom. The highest BCUT2D eigenvalue weighted by molar-refractivity contribution is 6.26. The lowest BCUT2D eigenvalue weighted by molar-refractivity contribution is -0.132. The van der Waals surface area contributed by atoms with E-state index in [9.17, 15) is 14.7 Å². The summed E-state index contributed by atoms with van der Waals surface area (Å²) in [5.74, 6) is -1.71. The van der Waals surface area contributed by atoms with Gasteiger partial charge in [-0.25, -0.2) is 4.79 Å². The summed E-state index contributed by atoms with van der Waals surface area (Å²) in [6, 6.07) is 17.3. The molecule has 0 heterocycles. The standard InChI is InChI=1S/C16H12O3.HNO2/c17-15(13-9-5-2-6-10-13)14(16(18)19)11-12-7-3-1-4-8-12;2-1-3/h1-11H,(H,18,19);(H,2,3). The number of carbonyl (C=O) groups is 2. The number of hydrogen-bond acceptors (Lipinski definition) is 4. The molecule has 2 aromatic carbocycles. The first-order chi connectivity index (χ1) is 10.6. The Morgan fingerprint density at radius 1 is 0.909 bits per heavy atom. The Labute approximate surface area is 126 Å². The van der Waals surface area contributed by atoms with Crippen molar-refractivity contribution in [2.45, 2.75) is 0 Å². The molecule has 0 saturated heterocycles. The third kappa shape index (κ3) is 5.01. The molecule has 2 aromatic rings. The minimum atomic E-state index is -1.22. The van der Waals surface area contributed by atoms with Crippen molar-refractivity contribution in [1.82, 2.24) is 0 Å². The van der Waals surface area contributed by atoms with Gasteiger partial charge in [-0.3, -0.25) is 4.79 Å². The van der Waals surface area contributed by atoms with Crippen molar-refractivity contribution in [2.24, 2.45) is 5.34 Å². The van der Waals surface area contributed by atoms with E-state index in [1.165, 1.54) is 11.4 Å². The van der Waals surface area contributed by atoms with Gasteiger partial charge in [0.2, 0.25) is 0 Å². The van der Waals surface area contributed by atoms with Gasteiger partial charge in [0.05, 0.1) is 0 Å². The molecular weight excluding hydrogens is 286 g/mol. The van der Waals surface area contributed by atoms with E-state index in [0.717, 1.165) is 0 Å². The number of Topliss-reactive ketones (excluding diaryl/α,β-unsaturated/α-hetero) is 1. The molecule has 6 heteroatoms. The first kappa shape index (κ1) is 16.8. The van der Waals surface area contributed by atoms with Gasteiger partial charge in [-0.2, -0.15) is 0 Å². The molecule has 22 heavy (non-hydrogen) atoms. The normalized spacial score (nSPS) is 10.1. The lowest BCUT2D eigenvalue weighted by atomic mass is 10.0. The van der Waals surface area contributed by atoms with Gasteiger partial charge in [0.25, 0.3) is 0 Å². The highest BCUT2D eigenvalue weighted by Gasteiger charge is 2.18. The van der Waals surface area contributed by atoms with Crippen LogP contribution in [0.2, 0.25) is 0 Å². The van der Waals surface area contributed by atoms with Crippen molar-refractivity contribution in [1.29, 1.82) is 0 Å². The summed E-state index contributed by atoms with van der Waals surface area (Å²) in [4.78, 5) is 31.5. The summed E-state index contributed by atoms with van der Waals surface area (Å²) >= 11 is 0. The predicted molar refractivity (Wildman–Crippen MR) is 80.4 cm³/mol. The lowest BCUT2D eigenvalue weighted by Gasteiger charge is -2.02. The Balaban J connectivity index is 0.000000745. The maximum Gasteiger partial charge on any atom is 0.339 e. The SMILES string of the molecule is O=C(O)C(=Cc1ccccc1)C(=O)c1ccccc1.O=NO. The van der Waals surface area contributed by atoms with E-state index in [2.05, 4.69) is 0 Å². The van der Waals surface area contributed by atoms with Crippen molar-refractivity contribution in [3.63, 3.8) is 0 Å². The highest BCUT2D eigenvalue weighted by Crippen LogP contribution is 2.13. The van der Waals surface area contributed by atoms with Crippen molar-refractivity contribution in [3.8, 4) is 0 Å². The molecule has 0 aromatic heterocycles. The summed E-state index contributed by atoms with van der Waals surface area (Å²) in [6.45, 7) is 0. The van der Waals surface area contributed by atoms with E-state index in [-0.39, 0.29) is 5.57 Å². The molecule has 0 aliphatic rings. The molecule has 0 bridgehead atoms. The van der Waals surface area contributed by atoms with Crippen LogP contribution in [0.25, 0.3) is 6.08 Å². The summed E-state index contributed by atoms with van der Waals surface area (Å²) in [7, 11) is 0. The fourth-order valence-electron chi connectivity index (χ4n) is 1.69. The molecule has 0 radical (unpaired) electrons. The fraction of sp³-hybridized carbons (Fsp3) is 0. The molecule has 0 atom stereocenters.